The first kappa shape index (κ1) is 13.7. The van der Waals surface area contributed by atoms with E-state index in [1.54, 1.807) is 24.3 Å². The molecule has 100 valence electrons. The molecule has 0 aromatic heterocycles. The van der Waals surface area contributed by atoms with Crippen molar-refractivity contribution in [2.75, 3.05) is 12.4 Å². The Balaban J connectivity index is 2.08. The minimum absolute atomic E-state index is 0.0452. The smallest absolute Gasteiger partial charge is 0.160 e. The third-order valence-corrected chi connectivity index (χ3v) is 3.17. The Morgan fingerprint density at radius 1 is 1.26 bits per heavy atom. The topological polar surface area (TPSA) is 41.5 Å². The molecule has 0 heterocycles. The van der Waals surface area contributed by atoms with Gasteiger partial charge in [0.1, 0.15) is 5.82 Å². The van der Waals surface area contributed by atoms with E-state index in [-0.39, 0.29) is 11.6 Å². The van der Waals surface area contributed by atoms with E-state index in [0.29, 0.717) is 28.0 Å². The summed E-state index contributed by atoms with van der Waals surface area (Å²) in [5.41, 5.74) is 1.25. The van der Waals surface area contributed by atoms with Crippen LogP contribution in [0.5, 0.6) is 11.5 Å². The SMILES string of the molecule is COc1ccc(NCc2ccc(Br)cc2F)cc1O. The summed E-state index contributed by atoms with van der Waals surface area (Å²) in [6.45, 7) is 0.338. The van der Waals surface area contributed by atoms with Crippen molar-refractivity contribution in [3.05, 3.63) is 52.3 Å². The van der Waals surface area contributed by atoms with Gasteiger partial charge in [-0.15, -0.1) is 0 Å². The van der Waals surface area contributed by atoms with Gasteiger partial charge >= 0.3 is 0 Å². The predicted molar refractivity (Wildman–Crippen MR) is 76.1 cm³/mol. The van der Waals surface area contributed by atoms with Crippen LogP contribution < -0.4 is 10.1 Å². The number of nitrogens with one attached hydrogen (secondary N) is 1. The van der Waals surface area contributed by atoms with Crippen molar-refractivity contribution >= 4 is 21.6 Å². The van der Waals surface area contributed by atoms with Gasteiger partial charge in [-0.25, -0.2) is 4.39 Å². The molecule has 0 aliphatic carbocycles. The second kappa shape index (κ2) is 5.93. The maximum Gasteiger partial charge on any atom is 0.160 e. The lowest BCUT2D eigenvalue weighted by atomic mass is 10.2. The van der Waals surface area contributed by atoms with Gasteiger partial charge in [0.25, 0.3) is 0 Å². The first-order chi connectivity index (χ1) is 9.10. The molecule has 2 aromatic carbocycles. The Morgan fingerprint density at radius 2 is 2.05 bits per heavy atom. The van der Waals surface area contributed by atoms with Crippen LogP contribution in [0.25, 0.3) is 0 Å². The summed E-state index contributed by atoms with van der Waals surface area (Å²) in [6, 6.07) is 9.85. The largest absolute Gasteiger partial charge is 0.504 e. The second-order valence-corrected chi connectivity index (χ2v) is 4.89. The predicted octanol–water partition coefficient (Wildman–Crippen LogP) is 3.91. The Bertz CT molecular complexity index is 590. The second-order valence-electron chi connectivity index (χ2n) is 3.98. The van der Waals surface area contributed by atoms with Crippen LogP contribution >= 0.6 is 15.9 Å². The number of phenols is 1. The molecular weight excluding hydrogens is 313 g/mol. The third kappa shape index (κ3) is 3.38. The highest BCUT2D eigenvalue weighted by molar-refractivity contribution is 9.10. The zero-order valence-electron chi connectivity index (χ0n) is 10.3. The molecule has 2 N–H and O–H groups in total. The van der Waals surface area contributed by atoms with Crippen molar-refractivity contribution in [3.8, 4) is 11.5 Å². The summed E-state index contributed by atoms with van der Waals surface area (Å²) < 4.78 is 19.3. The summed E-state index contributed by atoms with van der Waals surface area (Å²) in [6.07, 6.45) is 0. The molecule has 2 aromatic rings. The highest BCUT2D eigenvalue weighted by atomic mass is 79.9. The van der Waals surface area contributed by atoms with Crippen LogP contribution in [0, 0.1) is 5.82 Å². The molecule has 19 heavy (non-hydrogen) atoms. The molecule has 2 rings (SSSR count). The van der Waals surface area contributed by atoms with Crippen LogP contribution in [0.1, 0.15) is 5.56 Å². The van der Waals surface area contributed by atoms with E-state index in [1.165, 1.54) is 19.2 Å². The van der Waals surface area contributed by atoms with Gasteiger partial charge in [0, 0.05) is 28.3 Å². The standard InChI is InChI=1S/C14H13BrFNO2/c1-19-14-5-4-11(7-13(14)18)17-8-9-2-3-10(15)6-12(9)16/h2-7,17-18H,8H2,1H3. The zero-order chi connectivity index (χ0) is 13.8. The Hall–Kier alpha value is -1.75. The van der Waals surface area contributed by atoms with Crippen molar-refractivity contribution in [2.24, 2.45) is 0 Å². The molecule has 0 aliphatic heterocycles. The van der Waals surface area contributed by atoms with Gasteiger partial charge in [0.15, 0.2) is 11.5 Å². The van der Waals surface area contributed by atoms with E-state index >= 15 is 0 Å². The van der Waals surface area contributed by atoms with E-state index in [9.17, 15) is 9.50 Å². The molecule has 0 radical (unpaired) electrons. The van der Waals surface area contributed by atoms with Crippen LogP contribution in [0.2, 0.25) is 0 Å². The molecule has 0 fully saturated rings. The number of rotatable bonds is 4. The van der Waals surface area contributed by atoms with Gasteiger partial charge in [-0.05, 0) is 24.3 Å². The first-order valence-corrected chi connectivity index (χ1v) is 6.44. The van der Waals surface area contributed by atoms with Gasteiger partial charge in [-0.2, -0.15) is 0 Å². The fourth-order valence-corrected chi connectivity index (χ4v) is 2.00. The number of ether oxygens (including phenoxy) is 1. The number of hydrogen-bond donors (Lipinski definition) is 2. The average Bonchev–Trinajstić information content (AvgIpc) is 2.38. The van der Waals surface area contributed by atoms with Gasteiger partial charge in [0.2, 0.25) is 0 Å². The summed E-state index contributed by atoms with van der Waals surface area (Å²) in [4.78, 5) is 0. The quantitative estimate of drug-likeness (QED) is 0.895. The van der Waals surface area contributed by atoms with Crippen molar-refractivity contribution in [3.63, 3.8) is 0 Å². The van der Waals surface area contributed by atoms with E-state index in [4.69, 9.17) is 4.74 Å². The molecule has 0 atom stereocenters. The third-order valence-electron chi connectivity index (χ3n) is 2.68. The maximum atomic E-state index is 13.6. The van der Waals surface area contributed by atoms with Crippen LogP contribution in [-0.2, 0) is 6.54 Å². The lowest BCUT2D eigenvalue weighted by molar-refractivity contribution is 0.373. The summed E-state index contributed by atoms with van der Waals surface area (Å²) >= 11 is 3.21. The van der Waals surface area contributed by atoms with Gasteiger partial charge < -0.3 is 15.2 Å². The van der Waals surface area contributed by atoms with Gasteiger partial charge in [-0.1, -0.05) is 22.0 Å². The van der Waals surface area contributed by atoms with Crippen LogP contribution in [0.15, 0.2) is 40.9 Å². The molecule has 0 saturated carbocycles. The highest BCUT2D eigenvalue weighted by Crippen LogP contribution is 2.28. The fraction of sp³-hybridized carbons (Fsp3) is 0.143. The Labute approximate surface area is 119 Å². The molecule has 0 unspecified atom stereocenters. The van der Waals surface area contributed by atoms with E-state index < -0.39 is 0 Å². The monoisotopic (exact) mass is 325 g/mol. The minimum Gasteiger partial charge on any atom is -0.504 e. The molecule has 5 heteroatoms. The number of benzene rings is 2. The summed E-state index contributed by atoms with van der Waals surface area (Å²) in [5, 5.41) is 12.7. The average molecular weight is 326 g/mol. The molecule has 0 saturated heterocycles. The molecular formula is C14H13BrFNO2. The fourth-order valence-electron chi connectivity index (χ4n) is 1.66. The van der Waals surface area contributed by atoms with E-state index in [0.717, 1.165) is 0 Å². The summed E-state index contributed by atoms with van der Waals surface area (Å²) in [5.74, 6) is 0.170. The molecule has 0 aliphatic rings. The van der Waals surface area contributed by atoms with E-state index in [2.05, 4.69) is 21.2 Å². The molecule has 0 amide bonds. The van der Waals surface area contributed by atoms with Crippen molar-refractivity contribution in [2.45, 2.75) is 6.54 Å². The molecule has 0 bridgehead atoms. The minimum atomic E-state index is -0.278. The van der Waals surface area contributed by atoms with Crippen LogP contribution in [0.3, 0.4) is 0 Å². The Morgan fingerprint density at radius 3 is 2.68 bits per heavy atom. The number of phenolic OH excluding ortho intramolecular Hbond substituents is 1. The van der Waals surface area contributed by atoms with Crippen LogP contribution in [0.4, 0.5) is 10.1 Å². The highest BCUT2D eigenvalue weighted by Gasteiger charge is 2.05. The zero-order valence-corrected chi connectivity index (χ0v) is 11.9. The number of halogens is 2. The number of anilines is 1. The maximum absolute atomic E-state index is 13.6. The number of aromatic hydroxyl groups is 1. The van der Waals surface area contributed by atoms with Crippen molar-refractivity contribution in [1.29, 1.82) is 0 Å². The number of hydrogen-bond acceptors (Lipinski definition) is 3. The van der Waals surface area contributed by atoms with Gasteiger partial charge in [0.05, 0.1) is 7.11 Å². The molecule has 0 spiro atoms. The van der Waals surface area contributed by atoms with E-state index in [1.807, 2.05) is 0 Å². The first-order valence-electron chi connectivity index (χ1n) is 5.65. The Kier molecular flexibility index (Phi) is 4.27. The van der Waals surface area contributed by atoms with Crippen LogP contribution in [-0.4, -0.2) is 12.2 Å². The van der Waals surface area contributed by atoms with Crippen molar-refractivity contribution < 1.29 is 14.2 Å². The lowest BCUT2D eigenvalue weighted by Gasteiger charge is -2.10. The lowest BCUT2D eigenvalue weighted by Crippen LogP contribution is -2.01. The normalized spacial score (nSPS) is 10.3. The molecule has 3 nitrogen and oxygen atoms in total. The number of methoxy groups -OCH3 is 1. The van der Waals surface area contributed by atoms with Crippen molar-refractivity contribution in [1.82, 2.24) is 0 Å². The summed E-state index contributed by atoms with van der Waals surface area (Å²) in [7, 11) is 1.49. The van der Waals surface area contributed by atoms with Gasteiger partial charge in [-0.3, -0.25) is 0 Å².